The molecule has 3 rings (SSSR count). The average molecular weight is 334 g/mol. The van der Waals surface area contributed by atoms with E-state index in [1.807, 2.05) is 6.07 Å². The molecule has 0 bridgehead atoms. The number of nitro groups is 1. The molecule has 1 saturated heterocycles. The van der Waals surface area contributed by atoms with Crippen LogP contribution in [0.15, 0.2) is 18.3 Å². The second-order valence-electron chi connectivity index (χ2n) is 6.17. The molecule has 9 nitrogen and oxygen atoms in total. The summed E-state index contributed by atoms with van der Waals surface area (Å²) in [6, 6.07) is 4.33. The van der Waals surface area contributed by atoms with E-state index >= 15 is 0 Å². The molecule has 2 aromatic heterocycles. The number of nitrogens with zero attached hydrogens (tertiary/aromatic N) is 6. The van der Waals surface area contributed by atoms with Gasteiger partial charge >= 0.3 is 5.82 Å². The standard InChI is InChI=1S/C15H22N6O3/c1-11-9-18(10-12(2)19(11)6-7-24-3)14-5-4-13-16-8-15(21(22)23)20(13)17-14/h4-5,8,11-12H,6-7,9-10H2,1-3H3/t11-,12+. The summed E-state index contributed by atoms with van der Waals surface area (Å²) >= 11 is 0. The van der Waals surface area contributed by atoms with E-state index in [4.69, 9.17) is 4.74 Å². The first-order valence-corrected chi connectivity index (χ1v) is 8.00. The van der Waals surface area contributed by atoms with Crippen molar-refractivity contribution in [1.29, 1.82) is 0 Å². The Bertz CT molecular complexity index is 721. The Morgan fingerprint density at radius 3 is 2.67 bits per heavy atom. The molecule has 2 aromatic rings. The summed E-state index contributed by atoms with van der Waals surface area (Å²) in [5.74, 6) is 0.611. The van der Waals surface area contributed by atoms with E-state index < -0.39 is 4.92 Å². The van der Waals surface area contributed by atoms with Crippen molar-refractivity contribution in [2.45, 2.75) is 25.9 Å². The molecule has 9 heteroatoms. The van der Waals surface area contributed by atoms with Crippen LogP contribution in [-0.4, -0.2) is 69.9 Å². The van der Waals surface area contributed by atoms with Crippen LogP contribution in [0.2, 0.25) is 0 Å². The normalized spacial score (nSPS) is 22.2. The predicted octanol–water partition coefficient (Wildman–Crippen LogP) is 1.18. The van der Waals surface area contributed by atoms with Crippen LogP contribution in [0, 0.1) is 10.1 Å². The van der Waals surface area contributed by atoms with Gasteiger partial charge in [-0.3, -0.25) is 4.90 Å². The zero-order chi connectivity index (χ0) is 17.3. The maximum Gasteiger partial charge on any atom is 0.368 e. The Kier molecular flexibility index (Phi) is 4.63. The van der Waals surface area contributed by atoms with Gasteiger partial charge in [0.2, 0.25) is 5.65 Å². The predicted molar refractivity (Wildman–Crippen MR) is 89.4 cm³/mol. The van der Waals surface area contributed by atoms with Gasteiger partial charge in [-0.2, -0.15) is 0 Å². The van der Waals surface area contributed by atoms with Gasteiger partial charge in [0, 0.05) is 44.9 Å². The molecule has 130 valence electrons. The highest BCUT2D eigenvalue weighted by molar-refractivity contribution is 5.49. The number of fused-ring (bicyclic) bond motifs is 1. The summed E-state index contributed by atoms with van der Waals surface area (Å²) in [5, 5.41) is 15.5. The van der Waals surface area contributed by atoms with Crippen LogP contribution in [-0.2, 0) is 4.74 Å². The molecule has 0 aromatic carbocycles. The highest BCUT2D eigenvalue weighted by Crippen LogP contribution is 2.22. The Labute approximate surface area is 140 Å². The first-order valence-electron chi connectivity index (χ1n) is 8.00. The fraction of sp³-hybridized carbons (Fsp3) is 0.600. The molecule has 0 amide bonds. The molecule has 0 N–H and O–H groups in total. The number of aromatic nitrogens is 3. The summed E-state index contributed by atoms with van der Waals surface area (Å²) in [7, 11) is 1.71. The SMILES string of the molecule is COCCN1[C@H](C)CN(c2ccc3ncc([N+](=O)[O-])n3n2)C[C@@H]1C. The molecule has 1 fully saturated rings. The van der Waals surface area contributed by atoms with Gasteiger partial charge in [-0.1, -0.05) is 9.61 Å². The zero-order valence-corrected chi connectivity index (χ0v) is 14.1. The Balaban J connectivity index is 1.83. The first kappa shape index (κ1) is 16.6. The van der Waals surface area contributed by atoms with E-state index in [0.717, 1.165) is 25.5 Å². The van der Waals surface area contributed by atoms with Gasteiger partial charge in [-0.25, -0.2) is 4.98 Å². The molecule has 2 atom stereocenters. The lowest BCUT2D eigenvalue weighted by atomic mass is 10.1. The van der Waals surface area contributed by atoms with Gasteiger partial charge in [0.1, 0.15) is 6.20 Å². The first-order chi connectivity index (χ1) is 11.5. The third kappa shape index (κ3) is 3.04. The average Bonchev–Trinajstić information content (AvgIpc) is 2.97. The van der Waals surface area contributed by atoms with Crippen molar-refractivity contribution in [3.8, 4) is 0 Å². The minimum Gasteiger partial charge on any atom is -0.383 e. The van der Waals surface area contributed by atoms with Crippen LogP contribution in [0.1, 0.15) is 13.8 Å². The number of imidazole rings is 1. The Morgan fingerprint density at radius 1 is 1.33 bits per heavy atom. The summed E-state index contributed by atoms with van der Waals surface area (Å²) in [5.41, 5.74) is 0.477. The molecule has 0 aliphatic carbocycles. The van der Waals surface area contributed by atoms with Gasteiger partial charge in [0.25, 0.3) is 0 Å². The lowest BCUT2D eigenvalue weighted by molar-refractivity contribution is -0.391. The third-order valence-corrected chi connectivity index (χ3v) is 4.50. The molecular weight excluding hydrogens is 312 g/mol. The lowest BCUT2D eigenvalue weighted by Gasteiger charge is -2.44. The number of rotatable bonds is 5. The van der Waals surface area contributed by atoms with Crippen molar-refractivity contribution in [3.63, 3.8) is 0 Å². The smallest absolute Gasteiger partial charge is 0.368 e. The molecule has 0 spiro atoms. The minimum absolute atomic E-state index is 0.119. The van der Waals surface area contributed by atoms with Crippen molar-refractivity contribution < 1.29 is 9.66 Å². The summed E-state index contributed by atoms with van der Waals surface area (Å²) < 4.78 is 6.48. The lowest BCUT2D eigenvalue weighted by Crippen LogP contribution is -2.57. The topological polar surface area (TPSA) is 89.0 Å². The van der Waals surface area contributed by atoms with E-state index in [9.17, 15) is 10.1 Å². The zero-order valence-electron chi connectivity index (χ0n) is 14.1. The summed E-state index contributed by atoms with van der Waals surface area (Å²) in [6.45, 7) is 7.59. The third-order valence-electron chi connectivity index (χ3n) is 4.50. The maximum absolute atomic E-state index is 11.1. The fourth-order valence-electron chi connectivity index (χ4n) is 3.33. The van der Waals surface area contributed by atoms with Gasteiger partial charge < -0.3 is 19.8 Å². The number of ether oxygens (including phenoxy) is 1. The molecule has 0 radical (unpaired) electrons. The minimum atomic E-state index is -0.468. The second kappa shape index (κ2) is 6.70. The van der Waals surface area contributed by atoms with E-state index in [0.29, 0.717) is 24.3 Å². The molecule has 0 saturated carbocycles. The number of methoxy groups -OCH3 is 1. The van der Waals surface area contributed by atoms with E-state index in [-0.39, 0.29) is 5.82 Å². The van der Waals surface area contributed by atoms with Crippen molar-refractivity contribution in [1.82, 2.24) is 19.5 Å². The van der Waals surface area contributed by atoms with E-state index in [1.54, 1.807) is 13.2 Å². The van der Waals surface area contributed by atoms with Crippen LogP contribution < -0.4 is 4.90 Å². The number of anilines is 1. The quantitative estimate of drug-likeness (QED) is 0.599. The number of piperazine rings is 1. The molecule has 0 unspecified atom stereocenters. The molecule has 1 aliphatic heterocycles. The van der Waals surface area contributed by atoms with Crippen LogP contribution in [0.25, 0.3) is 5.65 Å². The fourth-order valence-corrected chi connectivity index (χ4v) is 3.33. The van der Waals surface area contributed by atoms with Crippen LogP contribution >= 0.6 is 0 Å². The van der Waals surface area contributed by atoms with Crippen LogP contribution in [0.4, 0.5) is 11.6 Å². The van der Waals surface area contributed by atoms with Gasteiger partial charge in [-0.05, 0) is 24.8 Å². The van der Waals surface area contributed by atoms with Crippen molar-refractivity contribution in [3.05, 3.63) is 28.4 Å². The second-order valence-corrected chi connectivity index (χ2v) is 6.17. The molecule has 24 heavy (non-hydrogen) atoms. The monoisotopic (exact) mass is 334 g/mol. The largest absolute Gasteiger partial charge is 0.383 e. The number of hydrogen-bond acceptors (Lipinski definition) is 7. The highest BCUT2D eigenvalue weighted by atomic mass is 16.6. The Hall–Kier alpha value is -2.26. The van der Waals surface area contributed by atoms with Gasteiger partial charge in [0.15, 0.2) is 5.82 Å². The van der Waals surface area contributed by atoms with E-state index in [2.05, 4.69) is 33.7 Å². The van der Waals surface area contributed by atoms with Gasteiger partial charge in [-0.15, -0.1) is 0 Å². The number of hydrogen-bond donors (Lipinski definition) is 0. The molecule has 1 aliphatic rings. The van der Waals surface area contributed by atoms with Gasteiger partial charge in [0.05, 0.1) is 6.61 Å². The molecule has 3 heterocycles. The van der Waals surface area contributed by atoms with Crippen molar-refractivity contribution in [2.24, 2.45) is 0 Å². The van der Waals surface area contributed by atoms with Crippen molar-refractivity contribution in [2.75, 3.05) is 38.3 Å². The Morgan fingerprint density at radius 2 is 2.04 bits per heavy atom. The van der Waals surface area contributed by atoms with Crippen molar-refractivity contribution >= 4 is 17.3 Å². The summed E-state index contributed by atoms with van der Waals surface area (Å²) in [4.78, 5) is 19.2. The van der Waals surface area contributed by atoms with Crippen LogP contribution in [0.5, 0.6) is 0 Å². The summed E-state index contributed by atoms with van der Waals surface area (Å²) in [6.07, 6.45) is 1.24. The van der Waals surface area contributed by atoms with Crippen LogP contribution in [0.3, 0.4) is 0 Å². The molecular formula is C15H22N6O3. The van der Waals surface area contributed by atoms with E-state index in [1.165, 1.54) is 10.7 Å². The highest BCUT2D eigenvalue weighted by Gasteiger charge is 2.30. The maximum atomic E-state index is 11.1.